The molecule has 0 bridgehead atoms. The van der Waals surface area contributed by atoms with E-state index in [1.165, 1.54) is 0 Å². The molecule has 138 valence electrons. The topological polar surface area (TPSA) is 49.3 Å². The molecule has 0 aliphatic rings. The van der Waals surface area contributed by atoms with Gasteiger partial charge in [-0.05, 0) is 50.6 Å². The molecule has 2 aromatic carbocycles. The Morgan fingerprint density at radius 2 is 1.63 bits per heavy atom. The van der Waals surface area contributed by atoms with E-state index >= 15 is 0 Å². The zero-order valence-electron chi connectivity index (χ0n) is 16.2. The Labute approximate surface area is 160 Å². The molecule has 1 amide bonds. The summed E-state index contributed by atoms with van der Waals surface area (Å²) < 4.78 is 0. The molecular formula is C22H24N4O. The number of anilines is 3. The molecule has 0 spiro atoms. The van der Waals surface area contributed by atoms with Crippen molar-refractivity contribution in [1.29, 1.82) is 0 Å². The van der Waals surface area contributed by atoms with Gasteiger partial charge in [-0.15, -0.1) is 0 Å². The summed E-state index contributed by atoms with van der Waals surface area (Å²) in [6.07, 6.45) is 0. The first-order valence-electron chi connectivity index (χ1n) is 9.02. The zero-order chi connectivity index (χ0) is 19.4. The van der Waals surface area contributed by atoms with Crippen LogP contribution in [0, 0.1) is 13.8 Å². The molecule has 5 heteroatoms. The first-order chi connectivity index (χ1) is 13.0. The van der Waals surface area contributed by atoms with Crippen LogP contribution < -0.4 is 9.80 Å². The molecule has 1 heterocycles. The van der Waals surface area contributed by atoms with E-state index in [2.05, 4.69) is 9.97 Å². The maximum atomic E-state index is 13.2. The van der Waals surface area contributed by atoms with Crippen molar-refractivity contribution in [3.8, 4) is 0 Å². The average Bonchev–Trinajstić information content (AvgIpc) is 2.68. The number of rotatable bonds is 5. The van der Waals surface area contributed by atoms with Crippen molar-refractivity contribution in [1.82, 2.24) is 9.97 Å². The number of hydrogen-bond donors (Lipinski definition) is 0. The van der Waals surface area contributed by atoms with Crippen molar-refractivity contribution < 1.29 is 4.79 Å². The van der Waals surface area contributed by atoms with Gasteiger partial charge in [-0.1, -0.05) is 30.3 Å². The number of carbonyl (C=O) groups excluding carboxylic acids is 1. The largest absolute Gasteiger partial charge is 0.329 e. The smallest absolute Gasteiger partial charge is 0.277 e. The van der Waals surface area contributed by atoms with Gasteiger partial charge < -0.3 is 9.80 Å². The van der Waals surface area contributed by atoms with E-state index in [9.17, 15) is 4.79 Å². The highest BCUT2D eigenvalue weighted by atomic mass is 16.2. The first-order valence-corrected chi connectivity index (χ1v) is 9.02. The minimum Gasteiger partial charge on any atom is -0.329 e. The number of para-hydroxylation sites is 1. The average molecular weight is 360 g/mol. The van der Waals surface area contributed by atoms with Crippen LogP contribution >= 0.6 is 0 Å². The summed E-state index contributed by atoms with van der Waals surface area (Å²) in [5.41, 5.74) is 3.38. The molecule has 0 unspecified atom stereocenters. The summed E-state index contributed by atoms with van der Waals surface area (Å²) in [4.78, 5) is 25.8. The van der Waals surface area contributed by atoms with Crippen molar-refractivity contribution in [3.63, 3.8) is 0 Å². The summed E-state index contributed by atoms with van der Waals surface area (Å²) in [7, 11) is 1.93. The van der Waals surface area contributed by atoms with Crippen LogP contribution in [0.15, 0.2) is 60.7 Å². The van der Waals surface area contributed by atoms with Crippen LogP contribution in [0.3, 0.4) is 0 Å². The Hall–Kier alpha value is -3.21. The molecule has 0 atom stereocenters. The lowest BCUT2D eigenvalue weighted by molar-refractivity contribution is 0.0983. The summed E-state index contributed by atoms with van der Waals surface area (Å²) in [5.74, 6) is 1.13. The van der Waals surface area contributed by atoms with Gasteiger partial charge in [-0.3, -0.25) is 4.79 Å². The number of aryl methyl sites for hydroxylation is 2. The molecule has 0 aliphatic carbocycles. The van der Waals surface area contributed by atoms with E-state index in [1.807, 2.05) is 87.3 Å². The number of aromatic nitrogens is 2. The van der Waals surface area contributed by atoms with Crippen molar-refractivity contribution >= 4 is 23.1 Å². The Kier molecular flexibility index (Phi) is 5.50. The van der Waals surface area contributed by atoms with E-state index in [0.29, 0.717) is 23.9 Å². The second-order valence-electron chi connectivity index (χ2n) is 6.44. The van der Waals surface area contributed by atoms with E-state index in [-0.39, 0.29) is 5.91 Å². The van der Waals surface area contributed by atoms with Gasteiger partial charge in [0.15, 0.2) is 0 Å². The lowest BCUT2D eigenvalue weighted by Gasteiger charge is -2.23. The third kappa shape index (κ3) is 4.14. The molecule has 1 aromatic heterocycles. The second kappa shape index (κ2) is 7.99. The molecule has 3 aromatic rings. The first kappa shape index (κ1) is 18.6. The van der Waals surface area contributed by atoms with Crippen LogP contribution in [0.25, 0.3) is 0 Å². The van der Waals surface area contributed by atoms with Gasteiger partial charge in [0.1, 0.15) is 17.3 Å². The summed E-state index contributed by atoms with van der Waals surface area (Å²) in [6, 6.07) is 19.6. The monoisotopic (exact) mass is 360 g/mol. The Morgan fingerprint density at radius 1 is 0.926 bits per heavy atom. The van der Waals surface area contributed by atoms with Gasteiger partial charge in [-0.2, -0.15) is 0 Å². The predicted octanol–water partition coefficient (Wildman–Crippen LogP) is 4.53. The van der Waals surface area contributed by atoms with Gasteiger partial charge in [0.25, 0.3) is 5.91 Å². The highest BCUT2D eigenvalue weighted by molar-refractivity contribution is 6.05. The molecule has 0 aliphatic heterocycles. The third-order valence-electron chi connectivity index (χ3n) is 4.41. The van der Waals surface area contributed by atoms with E-state index in [1.54, 1.807) is 11.0 Å². The molecular weight excluding hydrogens is 336 g/mol. The lowest BCUT2D eigenvalue weighted by atomic mass is 10.2. The molecule has 0 fully saturated rings. The fraction of sp³-hybridized carbons (Fsp3) is 0.227. The molecule has 0 saturated carbocycles. The maximum Gasteiger partial charge on any atom is 0.277 e. The van der Waals surface area contributed by atoms with Crippen molar-refractivity contribution in [2.75, 3.05) is 23.4 Å². The van der Waals surface area contributed by atoms with E-state index in [4.69, 9.17) is 0 Å². The fourth-order valence-electron chi connectivity index (χ4n) is 2.99. The standard InChI is InChI=1S/C22H24N4O/c1-5-26(19-13-9-10-16(2)14-19)22(27)20-15-21(24-17(3)23-20)25(4)18-11-7-6-8-12-18/h6-15H,5H2,1-4H3. The molecule has 27 heavy (non-hydrogen) atoms. The minimum atomic E-state index is -0.128. The molecule has 0 N–H and O–H groups in total. The van der Waals surface area contributed by atoms with Gasteiger partial charge in [-0.25, -0.2) is 9.97 Å². The number of nitrogens with zero attached hydrogens (tertiary/aromatic N) is 4. The van der Waals surface area contributed by atoms with Crippen LogP contribution in [0.1, 0.15) is 28.8 Å². The van der Waals surface area contributed by atoms with Crippen molar-refractivity contribution in [3.05, 3.63) is 77.7 Å². The summed E-state index contributed by atoms with van der Waals surface area (Å²) in [5, 5.41) is 0. The quantitative estimate of drug-likeness (QED) is 0.671. The molecule has 5 nitrogen and oxygen atoms in total. The molecule has 0 radical (unpaired) electrons. The number of benzene rings is 2. The maximum absolute atomic E-state index is 13.2. The normalized spacial score (nSPS) is 10.5. The Balaban J connectivity index is 1.96. The van der Waals surface area contributed by atoms with Crippen LogP contribution in [0.5, 0.6) is 0 Å². The third-order valence-corrected chi connectivity index (χ3v) is 4.41. The lowest BCUT2D eigenvalue weighted by Crippen LogP contribution is -2.32. The van der Waals surface area contributed by atoms with E-state index in [0.717, 1.165) is 16.9 Å². The van der Waals surface area contributed by atoms with Gasteiger partial charge in [0.2, 0.25) is 0 Å². The van der Waals surface area contributed by atoms with Crippen LogP contribution in [-0.2, 0) is 0 Å². The number of amides is 1. The van der Waals surface area contributed by atoms with Crippen LogP contribution in [-0.4, -0.2) is 29.5 Å². The van der Waals surface area contributed by atoms with Gasteiger partial charge >= 0.3 is 0 Å². The summed E-state index contributed by atoms with van der Waals surface area (Å²) >= 11 is 0. The summed E-state index contributed by atoms with van der Waals surface area (Å²) in [6.45, 7) is 6.35. The highest BCUT2D eigenvalue weighted by Crippen LogP contribution is 2.23. The van der Waals surface area contributed by atoms with Gasteiger partial charge in [0, 0.05) is 31.0 Å². The van der Waals surface area contributed by atoms with Crippen LogP contribution in [0.4, 0.5) is 17.2 Å². The van der Waals surface area contributed by atoms with Gasteiger partial charge in [0.05, 0.1) is 0 Å². The van der Waals surface area contributed by atoms with Crippen molar-refractivity contribution in [2.24, 2.45) is 0 Å². The highest BCUT2D eigenvalue weighted by Gasteiger charge is 2.20. The zero-order valence-corrected chi connectivity index (χ0v) is 16.2. The molecule has 3 rings (SSSR count). The molecule has 0 saturated heterocycles. The number of hydrogen-bond acceptors (Lipinski definition) is 4. The Morgan fingerprint density at radius 3 is 2.30 bits per heavy atom. The SMILES string of the molecule is CCN(C(=O)c1cc(N(C)c2ccccc2)nc(C)n1)c1cccc(C)c1. The minimum absolute atomic E-state index is 0.128. The number of carbonyl (C=O) groups is 1. The van der Waals surface area contributed by atoms with Crippen molar-refractivity contribution in [2.45, 2.75) is 20.8 Å². The fourth-order valence-corrected chi connectivity index (χ4v) is 2.99. The van der Waals surface area contributed by atoms with E-state index < -0.39 is 0 Å². The Bertz CT molecular complexity index is 940. The predicted molar refractivity (Wildman–Crippen MR) is 110 cm³/mol. The second-order valence-corrected chi connectivity index (χ2v) is 6.44. The van der Waals surface area contributed by atoms with Crippen LogP contribution in [0.2, 0.25) is 0 Å².